The molecule has 1 N–H and O–H groups in total. The summed E-state index contributed by atoms with van der Waals surface area (Å²) in [5.74, 6) is 0.998. The Morgan fingerprint density at radius 1 is 1.32 bits per heavy atom. The van der Waals surface area contributed by atoms with Gasteiger partial charge in [-0.3, -0.25) is 9.78 Å². The molecule has 136 valence electrons. The first-order valence-electron chi connectivity index (χ1n) is 8.78. The van der Waals surface area contributed by atoms with E-state index in [9.17, 15) is 4.79 Å². The SMILES string of the molecule is CCC[C@@](C)(OC)C(=O)Nc1ccc(OCC(C)C)c2ncccc12. The average Bonchev–Trinajstić information content (AvgIpc) is 2.60. The number of pyridine rings is 1. The van der Waals surface area contributed by atoms with Crippen molar-refractivity contribution in [2.24, 2.45) is 5.92 Å². The van der Waals surface area contributed by atoms with Crippen molar-refractivity contribution in [1.29, 1.82) is 0 Å². The van der Waals surface area contributed by atoms with Crippen molar-refractivity contribution in [3.05, 3.63) is 30.5 Å². The molecule has 0 fully saturated rings. The first-order valence-corrected chi connectivity index (χ1v) is 8.78. The third-order valence-electron chi connectivity index (χ3n) is 4.21. The van der Waals surface area contributed by atoms with Gasteiger partial charge in [0.2, 0.25) is 0 Å². The van der Waals surface area contributed by atoms with Crippen LogP contribution in [-0.2, 0) is 9.53 Å². The molecular weight excluding hydrogens is 316 g/mol. The Kier molecular flexibility index (Phi) is 6.37. The van der Waals surface area contributed by atoms with E-state index in [0.717, 1.165) is 23.1 Å². The molecular formula is C20H28N2O3. The maximum atomic E-state index is 12.7. The molecule has 1 aromatic carbocycles. The summed E-state index contributed by atoms with van der Waals surface area (Å²) < 4.78 is 11.3. The normalized spacial score (nSPS) is 13.7. The van der Waals surface area contributed by atoms with Crippen LogP contribution >= 0.6 is 0 Å². The van der Waals surface area contributed by atoms with Crippen LogP contribution in [0.25, 0.3) is 10.9 Å². The van der Waals surface area contributed by atoms with Crippen molar-refractivity contribution >= 4 is 22.5 Å². The molecule has 0 saturated heterocycles. The van der Waals surface area contributed by atoms with Crippen molar-refractivity contribution < 1.29 is 14.3 Å². The van der Waals surface area contributed by atoms with Gasteiger partial charge in [0, 0.05) is 18.7 Å². The molecule has 5 nitrogen and oxygen atoms in total. The fraction of sp³-hybridized carbons (Fsp3) is 0.500. The quantitative estimate of drug-likeness (QED) is 0.770. The number of ether oxygens (including phenoxy) is 2. The smallest absolute Gasteiger partial charge is 0.256 e. The van der Waals surface area contributed by atoms with Gasteiger partial charge in [-0.15, -0.1) is 0 Å². The molecule has 1 atom stereocenters. The monoisotopic (exact) mass is 344 g/mol. The van der Waals surface area contributed by atoms with Crippen LogP contribution in [0.15, 0.2) is 30.5 Å². The maximum absolute atomic E-state index is 12.7. The zero-order valence-corrected chi connectivity index (χ0v) is 15.8. The van der Waals surface area contributed by atoms with Crippen molar-refractivity contribution in [2.45, 2.75) is 46.1 Å². The van der Waals surface area contributed by atoms with Gasteiger partial charge < -0.3 is 14.8 Å². The minimum atomic E-state index is -0.851. The third kappa shape index (κ3) is 4.48. The van der Waals surface area contributed by atoms with Crippen molar-refractivity contribution in [2.75, 3.05) is 19.0 Å². The molecule has 25 heavy (non-hydrogen) atoms. The molecule has 0 aliphatic carbocycles. The van der Waals surface area contributed by atoms with Crippen molar-refractivity contribution in [3.8, 4) is 5.75 Å². The van der Waals surface area contributed by atoms with Gasteiger partial charge in [-0.1, -0.05) is 27.2 Å². The molecule has 0 saturated carbocycles. The lowest BCUT2D eigenvalue weighted by Gasteiger charge is -2.26. The van der Waals surface area contributed by atoms with E-state index in [1.165, 1.54) is 0 Å². The second-order valence-electron chi connectivity index (χ2n) is 6.85. The first-order chi connectivity index (χ1) is 11.9. The predicted octanol–water partition coefficient (Wildman–Crippen LogP) is 4.41. The van der Waals surface area contributed by atoms with Crippen LogP contribution in [-0.4, -0.2) is 30.2 Å². The summed E-state index contributed by atoms with van der Waals surface area (Å²) in [5.41, 5.74) is 0.607. The zero-order valence-electron chi connectivity index (χ0n) is 15.8. The van der Waals surface area contributed by atoms with E-state index in [2.05, 4.69) is 24.1 Å². The molecule has 0 spiro atoms. The summed E-state index contributed by atoms with van der Waals surface area (Å²) in [6.07, 6.45) is 3.25. The number of nitrogens with zero attached hydrogens (tertiary/aromatic N) is 1. The molecule has 0 unspecified atom stereocenters. The molecule has 0 bridgehead atoms. The highest BCUT2D eigenvalue weighted by Gasteiger charge is 2.32. The molecule has 5 heteroatoms. The highest BCUT2D eigenvalue weighted by Crippen LogP contribution is 2.31. The number of fused-ring (bicyclic) bond motifs is 1. The second-order valence-corrected chi connectivity index (χ2v) is 6.85. The van der Waals surface area contributed by atoms with E-state index in [0.29, 0.717) is 24.6 Å². The highest BCUT2D eigenvalue weighted by atomic mass is 16.5. The Morgan fingerprint density at radius 3 is 2.72 bits per heavy atom. The summed E-state index contributed by atoms with van der Waals surface area (Å²) in [7, 11) is 1.57. The average molecular weight is 344 g/mol. The lowest BCUT2D eigenvalue weighted by Crippen LogP contribution is -2.41. The number of hydrogen-bond donors (Lipinski definition) is 1. The number of carbonyl (C=O) groups excluding carboxylic acids is 1. The van der Waals surface area contributed by atoms with Gasteiger partial charge in [0.1, 0.15) is 16.9 Å². The fourth-order valence-electron chi connectivity index (χ4n) is 2.67. The Labute approximate surface area is 149 Å². The lowest BCUT2D eigenvalue weighted by molar-refractivity contribution is -0.136. The van der Waals surface area contributed by atoms with Crippen LogP contribution in [0.4, 0.5) is 5.69 Å². The van der Waals surface area contributed by atoms with E-state index < -0.39 is 5.60 Å². The number of carbonyl (C=O) groups is 1. The number of benzene rings is 1. The van der Waals surface area contributed by atoms with Gasteiger partial charge in [-0.05, 0) is 43.5 Å². The fourth-order valence-corrected chi connectivity index (χ4v) is 2.67. The van der Waals surface area contributed by atoms with Crippen molar-refractivity contribution in [3.63, 3.8) is 0 Å². The Morgan fingerprint density at radius 2 is 2.08 bits per heavy atom. The first kappa shape index (κ1) is 19.2. The van der Waals surface area contributed by atoms with Gasteiger partial charge >= 0.3 is 0 Å². The van der Waals surface area contributed by atoms with E-state index >= 15 is 0 Å². The summed E-state index contributed by atoms with van der Waals surface area (Å²) >= 11 is 0. The molecule has 0 aliphatic heterocycles. The Bertz CT molecular complexity index is 730. The summed E-state index contributed by atoms with van der Waals surface area (Å²) in [6.45, 7) is 8.67. The summed E-state index contributed by atoms with van der Waals surface area (Å²) in [6, 6.07) is 7.51. The van der Waals surface area contributed by atoms with Crippen molar-refractivity contribution in [1.82, 2.24) is 4.98 Å². The molecule has 2 aromatic rings. The van der Waals surface area contributed by atoms with E-state index in [-0.39, 0.29) is 5.91 Å². The van der Waals surface area contributed by atoms with E-state index in [4.69, 9.17) is 9.47 Å². The van der Waals surface area contributed by atoms with Gasteiger partial charge in [-0.25, -0.2) is 0 Å². The van der Waals surface area contributed by atoms with Crippen LogP contribution in [0.5, 0.6) is 5.75 Å². The topological polar surface area (TPSA) is 60.5 Å². The largest absolute Gasteiger partial charge is 0.491 e. The zero-order chi connectivity index (χ0) is 18.4. The second kappa shape index (κ2) is 8.30. The number of aromatic nitrogens is 1. The molecule has 1 amide bonds. The standard InChI is InChI=1S/C20H28N2O3/c1-6-11-20(4,24-5)19(23)22-16-9-10-17(25-13-14(2)3)18-15(16)8-7-12-21-18/h7-10,12,14H,6,11,13H2,1-5H3,(H,22,23)/t20-/m1/s1. The summed E-state index contributed by atoms with van der Waals surface area (Å²) in [4.78, 5) is 17.1. The van der Waals surface area contributed by atoms with Gasteiger partial charge in [0.25, 0.3) is 5.91 Å². The highest BCUT2D eigenvalue weighted by molar-refractivity contribution is 6.05. The van der Waals surface area contributed by atoms with Crippen LogP contribution in [0, 0.1) is 5.92 Å². The van der Waals surface area contributed by atoms with Crippen LogP contribution < -0.4 is 10.1 Å². The third-order valence-corrected chi connectivity index (χ3v) is 4.21. The predicted molar refractivity (Wildman–Crippen MR) is 101 cm³/mol. The van der Waals surface area contributed by atoms with E-state index in [1.807, 2.05) is 38.1 Å². The van der Waals surface area contributed by atoms with E-state index in [1.54, 1.807) is 13.3 Å². The van der Waals surface area contributed by atoms with Crippen LogP contribution in [0.2, 0.25) is 0 Å². The molecule has 1 aromatic heterocycles. The Balaban J connectivity index is 2.33. The number of nitrogens with one attached hydrogen (secondary N) is 1. The summed E-state index contributed by atoms with van der Waals surface area (Å²) in [5, 5.41) is 3.85. The minimum Gasteiger partial charge on any atom is -0.491 e. The molecule has 0 radical (unpaired) electrons. The molecule has 2 rings (SSSR count). The van der Waals surface area contributed by atoms with Gasteiger partial charge in [0.05, 0.1) is 12.3 Å². The Hall–Kier alpha value is -2.14. The van der Waals surface area contributed by atoms with Gasteiger partial charge in [0.15, 0.2) is 0 Å². The molecule has 0 aliphatic rings. The van der Waals surface area contributed by atoms with Crippen LogP contribution in [0.1, 0.15) is 40.5 Å². The minimum absolute atomic E-state index is 0.155. The number of hydrogen-bond acceptors (Lipinski definition) is 4. The van der Waals surface area contributed by atoms with Gasteiger partial charge in [-0.2, -0.15) is 0 Å². The number of methoxy groups -OCH3 is 1. The number of anilines is 1. The molecule has 1 heterocycles. The number of rotatable bonds is 8. The van der Waals surface area contributed by atoms with Crippen LogP contribution in [0.3, 0.4) is 0 Å². The number of amides is 1. The lowest BCUT2D eigenvalue weighted by atomic mass is 9.99. The maximum Gasteiger partial charge on any atom is 0.256 e.